The zero-order chi connectivity index (χ0) is 14.8. The molecule has 3 rings (SSSR count). The van der Waals surface area contributed by atoms with Crippen molar-refractivity contribution in [2.24, 2.45) is 0 Å². The molecule has 0 spiro atoms. The Morgan fingerprint density at radius 1 is 1.05 bits per heavy atom. The maximum atomic E-state index is 4.33. The summed E-state index contributed by atoms with van der Waals surface area (Å²) >= 11 is 3.43. The van der Waals surface area contributed by atoms with Crippen LogP contribution in [0.15, 0.2) is 59.3 Å². The van der Waals surface area contributed by atoms with Crippen molar-refractivity contribution in [2.75, 3.05) is 5.32 Å². The van der Waals surface area contributed by atoms with Crippen LogP contribution in [0.5, 0.6) is 0 Å². The fourth-order valence-corrected chi connectivity index (χ4v) is 2.66. The standard InChI is InChI=1S/C18H17BrN2/c1-12-9-17(11-20-18(12)19)21-13(2)15-8-7-14-5-3-4-6-16(14)10-15/h3-11,13,21H,1-2H3. The Morgan fingerprint density at radius 2 is 1.81 bits per heavy atom. The first-order chi connectivity index (χ1) is 10.1. The molecule has 3 heteroatoms. The minimum absolute atomic E-state index is 0.233. The molecule has 0 amide bonds. The summed E-state index contributed by atoms with van der Waals surface area (Å²) in [7, 11) is 0. The fraction of sp³-hybridized carbons (Fsp3) is 0.167. The molecule has 0 bridgehead atoms. The van der Waals surface area contributed by atoms with Gasteiger partial charge in [0.2, 0.25) is 0 Å². The Labute approximate surface area is 133 Å². The highest BCUT2D eigenvalue weighted by Crippen LogP contribution is 2.24. The van der Waals surface area contributed by atoms with Crippen LogP contribution in [0.25, 0.3) is 10.8 Å². The van der Waals surface area contributed by atoms with E-state index in [4.69, 9.17) is 0 Å². The molecule has 0 radical (unpaired) electrons. The number of fused-ring (bicyclic) bond motifs is 1. The van der Waals surface area contributed by atoms with Gasteiger partial charge >= 0.3 is 0 Å². The minimum atomic E-state index is 0.233. The molecular formula is C18H17BrN2. The Morgan fingerprint density at radius 3 is 2.57 bits per heavy atom. The summed E-state index contributed by atoms with van der Waals surface area (Å²) in [4.78, 5) is 4.33. The zero-order valence-corrected chi connectivity index (χ0v) is 13.7. The van der Waals surface area contributed by atoms with Crippen molar-refractivity contribution in [3.8, 4) is 0 Å². The predicted molar refractivity (Wildman–Crippen MR) is 92.7 cm³/mol. The highest BCUT2D eigenvalue weighted by Gasteiger charge is 2.07. The number of anilines is 1. The van der Waals surface area contributed by atoms with Crippen LogP contribution in [0, 0.1) is 6.92 Å². The Bertz CT molecular complexity index is 783. The van der Waals surface area contributed by atoms with Gasteiger partial charge in [-0.2, -0.15) is 0 Å². The lowest BCUT2D eigenvalue weighted by atomic mass is 10.0. The third kappa shape index (κ3) is 3.08. The Kier molecular flexibility index (Phi) is 3.93. The Balaban J connectivity index is 1.85. The molecule has 3 aromatic rings. The molecule has 0 aliphatic rings. The molecule has 0 aliphatic carbocycles. The lowest BCUT2D eigenvalue weighted by Gasteiger charge is -2.16. The number of nitrogens with zero attached hydrogens (tertiary/aromatic N) is 1. The van der Waals surface area contributed by atoms with E-state index in [0.29, 0.717) is 0 Å². The number of aromatic nitrogens is 1. The largest absolute Gasteiger partial charge is 0.377 e. The number of hydrogen-bond donors (Lipinski definition) is 1. The van der Waals surface area contributed by atoms with Crippen molar-refractivity contribution >= 4 is 32.4 Å². The summed E-state index contributed by atoms with van der Waals surface area (Å²) in [5.41, 5.74) is 3.44. The van der Waals surface area contributed by atoms with Gasteiger partial charge in [0.15, 0.2) is 0 Å². The van der Waals surface area contributed by atoms with Crippen LogP contribution in [-0.2, 0) is 0 Å². The van der Waals surface area contributed by atoms with Crippen molar-refractivity contribution in [1.29, 1.82) is 0 Å². The predicted octanol–water partition coefficient (Wildman–Crippen LogP) is 5.48. The lowest BCUT2D eigenvalue weighted by Crippen LogP contribution is -2.07. The molecule has 106 valence electrons. The average Bonchev–Trinajstić information content (AvgIpc) is 2.50. The summed E-state index contributed by atoms with van der Waals surface area (Å²) in [6.45, 7) is 4.21. The summed E-state index contributed by atoms with van der Waals surface area (Å²) in [5.74, 6) is 0. The maximum absolute atomic E-state index is 4.33. The number of pyridine rings is 1. The highest BCUT2D eigenvalue weighted by atomic mass is 79.9. The van der Waals surface area contributed by atoms with Crippen molar-refractivity contribution in [3.05, 3.63) is 70.5 Å². The van der Waals surface area contributed by atoms with Gasteiger partial charge in [0.25, 0.3) is 0 Å². The topological polar surface area (TPSA) is 24.9 Å². The van der Waals surface area contributed by atoms with E-state index < -0.39 is 0 Å². The molecule has 1 heterocycles. The monoisotopic (exact) mass is 340 g/mol. The number of nitrogens with one attached hydrogen (secondary N) is 1. The molecule has 0 aliphatic heterocycles. The molecule has 0 saturated heterocycles. The van der Waals surface area contributed by atoms with E-state index in [-0.39, 0.29) is 6.04 Å². The van der Waals surface area contributed by atoms with Gasteiger partial charge in [-0.05, 0) is 63.8 Å². The van der Waals surface area contributed by atoms with E-state index >= 15 is 0 Å². The molecule has 1 aromatic heterocycles. The number of hydrogen-bond acceptors (Lipinski definition) is 2. The van der Waals surface area contributed by atoms with Crippen LogP contribution in [0.1, 0.15) is 24.1 Å². The number of rotatable bonds is 3. The third-order valence-corrected chi connectivity index (χ3v) is 4.50. The summed E-state index contributed by atoms with van der Waals surface area (Å²) < 4.78 is 0.895. The van der Waals surface area contributed by atoms with Crippen LogP contribution >= 0.6 is 15.9 Å². The Hall–Kier alpha value is -1.87. The molecule has 1 N–H and O–H groups in total. The van der Waals surface area contributed by atoms with Gasteiger partial charge in [0, 0.05) is 6.04 Å². The van der Waals surface area contributed by atoms with Gasteiger partial charge in [-0.15, -0.1) is 0 Å². The molecule has 21 heavy (non-hydrogen) atoms. The van der Waals surface area contributed by atoms with E-state index in [1.807, 2.05) is 13.1 Å². The number of aryl methyl sites for hydroxylation is 1. The van der Waals surface area contributed by atoms with E-state index in [9.17, 15) is 0 Å². The van der Waals surface area contributed by atoms with Gasteiger partial charge in [-0.1, -0.05) is 36.4 Å². The molecule has 2 aromatic carbocycles. The first-order valence-electron chi connectivity index (χ1n) is 7.01. The summed E-state index contributed by atoms with van der Waals surface area (Å²) in [6, 6.07) is 17.4. The van der Waals surface area contributed by atoms with Crippen molar-refractivity contribution in [2.45, 2.75) is 19.9 Å². The van der Waals surface area contributed by atoms with Gasteiger partial charge in [-0.3, -0.25) is 0 Å². The van der Waals surface area contributed by atoms with E-state index in [2.05, 4.69) is 81.7 Å². The summed E-state index contributed by atoms with van der Waals surface area (Å²) in [5, 5.41) is 6.05. The second kappa shape index (κ2) is 5.86. The molecule has 1 atom stereocenters. The van der Waals surface area contributed by atoms with Gasteiger partial charge in [-0.25, -0.2) is 4.98 Å². The number of benzene rings is 2. The van der Waals surface area contributed by atoms with E-state index in [1.165, 1.54) is 16.3 Å². The SMILES string of the molecule is Cc1cc(NC(C)c2ccc3ccccc3c2)cnc1Br. The van der Waals surface area contributed by atoms with Gasteiger partial charge in [0.05, 0.1) is 11.9 Å². The molecule has 1 unspecified atom stereocenters. The van der Waals surface area contributed by atoms with Crippen molar-refractivity contribution in [1.82, 2.24) is 4.98 Å². The van der Waals surface area contributed by atoms with Crippen molar-refractivity contribution < 1.29 is 0 Å². The van der Waals surface area contributed by atoms with Crippen molar-refractivity contribution in [3.63, 3.8) is 0 Å². The summed E-state index contributed by atoms with van der Waals surface area (Å²) in [6.07, 6.45) is 1.86. The fourth-order valence-electron chi connectivity index (χ4n) is 2.45. The molecule has 2 nitrogen and oxygen atoms in total. The molecule has 0 saturated carbocycles. The number of halogens is 1. The van der Waals surface area contributed by atoms with Crippen LogP contribution in [-0.4, -0.2) is 4.98 Å². The van der Waals surface area contributed by atoms with Crippen LogP contribution in [0.4, 0.5) is 5.69 Å². The quantitative estimate of drug-likeness (QED) is 0.638. The highest BCUT2D eigenvalue weighted by molar-refractivity contribution is 9.10. The first kappa shape index (κ1) is 14.1. The van der Waals surface area contributed by atoms with E-state index in [1.54, 1.807) is 0 Å². The molecule has 0 fully saturated rings. The van der Waals surface area contributed by atoms with Crippen LogP contribution in [0.2, 0.25) is 0 Å². The second-order valence-corrected chi connectivity index (χ2v) is 6.06. The zero-order valence-electron chi connectivity index (χ0n) is 12.1. The maximum Gasteiger partial charge on any atom is 0.109 e. The normalized spacial score (nSPS) is 12.3. The molecular weight excluding hydrogens is 324 g/mol. The lowest BCUT2D eigenvalue weighted by molar-refractivity contribution is 0.884. The van der Waals surface area contributed by atoms with Crippen LogP contribution in [0.3, 0.4) is 0 Å². The van der Waals surface area contributed by atoms with Crippen LogP contribution < -0.4 is 5.32 Å². The third-order valence-electron chi connectivity index (χ3n) is 3.67. The second-order valence-electron chi connectivity index (χ2n) is 5.30. The minimum Gasteiger partial charge on any atom is -0.377 e. The van der Waals surface area contributed by atoms with Gasteiger partial charge < -0.3 is 5.32 Å². The smallest absolute Gasteiger partial charge is 0.109 e. The van der Waals surface area contributed by atoms with E-state index in [0.717, 1.165) is 15.9 Å². The van der Waals surface area contributed by atoms with Gasteiger partial charge in [0.1, 0.15) is 4.60 Å². The average molecular weight is 341 g/mol. The first-order valence-corrected chi connectivity index (χ1v) is 7.80.